The molecule has 0 atom stereocenters. The van der Waals surface area contributed by atoms with Gasteiger partial charge >= 0.3 is 0 Å². The number of rotatable bonds is 8. The Labute approximate surface area is 476 Å². The Balaban J connectivity index is 0.811. The number of hydrogen-bond acceptors (Lipinski definition) is 4. The molecule has 0 aliphatic rings. The van der Waals surface area contributed by atoms with Crippen molar-refractivity contribution in [1.82, 2.24) is 23.7 Å². The molecule has 0 bridgehead atoms. The summed E-state index contributed by atoms with van der Waals surface area (Å²) in [6.07, 6.45) is 0. The fourth-order valence-corrected chi connectivity index (χ4v) is 12.3. The highest BCUT2D eigenvalue weighted by atomic mass is 15.0. The third-order valence-corrected chi connectivity index (χ3v) is 16.0. The first-order valence-corrected chi connectivity index (χ1v) is 27.1. The molecule has 0 amide bonds. The summed E-state index contributed by atoms with van der Waals surface area (Å²) in [5, 5.41) is 28.7. The lowest BCUT2D eigenvalue weighted by Gasteiger charge is -2.14. The minimum Gasteiger partial charge on any atom is -0.309 e. The van der Waals surface area contributed by atoms with Crippen molar-refractivity contribution < 1.29 is 0 Å². The van der Waals surface area contributed by atoms with Crippen molar-refractivity contribution in [1.29, 1.82) is 10.5 Å². The monoisotopic (exact) mass is 1060 g/mol. The maximum absolute atomic E-state index is 10.8. The number of hydrogen-bond donors (Lipinski definition) is 0. The average Bonchev–Trinajstić information content (AvgIpc) is 4.42. The normalized spacial score (nSPS) is 11.3. The fraction of sp³-hybridized carbons (Fsp3) is 0. The maximum atomic E-state index is 10.8. The van der Waals surface area contributed by atoms with Gasteiger partial charge in [0.1, 0.15) is 5.82 Å². The lowest BCUT2D eigenvalue weighted by atomic mass is 9.92. The van der Waals surface area contributed by atoms with E-state index in [4.69, 9.17) is 23.1 Å². The van der Waals surface area contributed by atoms with E-state index in [1.165, 1.54) is 21.5 Å². The van der Waals surface area contributed by atoms with E-state index in [1.54, 1.807) is 54.6 Å². The van der Waals surface area contributed by atoms with Crippen LogP contribution >= 0.6 is 0 Å². The minimum atomic E-state index is 0.245. The van der Waals surface area contributed by atoms with Crippen molar-refractivity contribution in [3.05, 3.63) is 283 Å². The number of benzene rings is 11. The molecule has 0 N–H and O–H groups in total. The second-order valence-corrected chi connectivity index (χ2v) is 20.5. The fourth-order valence-electron chi connectivity index (χ4n) is 12.3. The van der Waals surface area contributed by atoms with Crippen LogP contribution in [-0.2, 0) is 0 Å². The van der Waals surface area contributed by atoms with Gasteiger partial charge in [0.05, 0.1) is 80.9 Å². The predicted octanol–water partition coefficient (Wildman–Crippen LogP) is 18.9. The summed E-state index contributed by atoms with van der Waals surface area (Å²) in [7, 11) is 0. The SMILES string of the molecule is [C-]#[N+]c1ccccc1-c1cc(-c2c(C#N)cc(-c3ccc(-c4ccc(-n5c6ccc(-n7c8ccccc8c8ccccc87)cc6c6cc(-n7c8ccccc8c8ccccc87)ccc65)cc4)cc3)cc2C#N)nc(-c2ccccc2[N+]#[C-])n1. The highest BCUT2D eigenvalue weighted by Crippen LogP contribution is 2.42. The van der Waals surface area contributed by atoms with Gasteiger partial charge in [0.2, 0.25) is 0 Å². The van der Waals surface area contributed by atoms with Gasteiger partial charge in [0.15, 0.2) is 11.4 Å². The molecule has 0 aliphatic carbocycles. The molecule has 0 spiro atoms. The van der Waals surface area contributed by atoms with Crippen molar-refractivity contribution in [2.24, 2.45) is 0 Å². The summed E-state index contributed by atoms with van der Waals surface area (Å²) >= 11 is 0. The zero-order chi connectivity index (χ0) is 55.7. The topological polar surface area (TPSA) is 96.9 Å². The molecule has 11 aromatic carbocycles. The number of para-hydroxylation sites is 6. The molecule has 0 aliphatic heterocycles. The molecule has 4 heterocycles. The van der Waals surface area contributed by atoms with E-state index in [0.717, 1.165) is 77.6 Å². The maximum Gasteiger partial charge on any atom is 0.198 e. The molecule has 9 nitrogen and oxygen atoms in total. The van der Waals surface area contributed by atoms with Gasteiger partial charge in [-0.15, -0.1) is 0 Å². The van der Waals surface area contributed by atoms with Gasteiger partial charge in [0, 0.05) is 66.1 Å². The highest BCUT2D eigenvalue weighted by molar-refractivity contribution is 6.14. The average molecular weight is 1060 g/mol. The van der Waals surface area contributed by atoms with Gasteiger partial charge in [-0.05, 0) is 113 Å². The standard InChI is InChI=1S/C74H41N9/c1-77-63-21-9-3-19-59(63)65-43-66(80-74(79-65)60-20-4-10-22-64(60)78-2)73-50(44-75)39-49(40-51(73)45-76)48-29-27-46(28-30-48)47-31-33-52(34-32-47)81-71-37-35-53(82-67-23-11-5-15-55(67)56-16-6-12-24-68(56)82)41-61(71)62-42-54(36-38-72(62)81)83-69-25-13-7-17-57(69)58-18-8-14-26-70(58)83/h3-43H. The Hall–Kier alpha value is -12.1. The molecule has 9 heteroatoms. The van der Waals surface area contributed by atoms with Crippen LogP contribution in [-0.4, -0.2) is 23.7 Å². The van der Waals surface area contributed by atoms with Gasteiger partial charge in [0.25, 0.3) is 0 Å². The van der Waals surface area contributed by atoms with Gasteiger partial charge in [-0.1, -0.05) is 158 Å². The summed E-state index contributed by atoms with van der Waals surface area (Å²) in [4.78, 5) is 17.2. The van der Waals surface area contributed by atoms with Crippen molar-refractivity contribution in [3.63, 3.8) is 0 Å². The van der Waals surface area contributed by atoms with Gasteiger partial charge < -0.3 is 13.7 Å². The molecule has 83 heavy (non-hydrogen) atoms. The van der Waals surface area contributed by atoms with Crippen LogP contribution in [0.25, 0.3) is 148 Å². The zero-order valence-electron chi connectivity index (χ0n) is 44.2. The predicted molar refractivity (Wildman–Crippen MR) is 334 cm³/mol. The van der Waals surface area contributed by atoms with Gasteiger partial charge in [-0.3, -0.25) is 0 Å². The second kappa shape index (κ2) is 19.3. The quantitative estimate of drug-likeness (QED) is 0.142. The molecule has 0 saturated carbocycles. The molecule has 0 radical (unpaired) electrons. The zero-order valence-corrected chi connectivity index (χ0v) is 44.2. The lowest BCUT2D eigenvalue weighted by Crippen LogP contribution is -2.00. The third-order valence-electron chi connectivity index (χ3n) is 16.0. The van der Waals surface area contributed by atoms with Crippen molar-refractivity contribution >= 4 is 76.8 Å². The Morgan fingerprint density at radius 3 is 1.16 bits per heavy atom. The number of nitrogens with zero attached hydrogens (tertiary/aromatic N) is 9. The largest absolute Gasteiger partial charge is 0.309 e. The Morgan fingerprint density at radius 2 is 0.687 bits per heavy atom. The molecule has 0 saturated heterocycles. The van der Waals surface area contributed by atoms with Crippen LogP contribution in [0, 0.1) is 35.8 Å². The Morgan fingerprint density at radius 1 is 0.325 bits per heavy atom. The number of aromatic nitrogens is 5. The number of fused-ring (bicyclic) bond motifs is 9. The van der Waals surface area contributed by atoms with E-state index in [0.29, 0.717) is 45.0 Å². The third kappa shape index (κ3) is 7.74. The second-order valence-electron chi connectivity index (χ2n) is 20.5. The van der Waals surface area contributed by atoms with Gasteiger partial charge in [-0.2, -0.15) is 10.5 Å². The van der Waals surface area contributed by atoms with Crippen LogP contribution < -0.4 is 0 Å². The van der Waals surface area contributed by atoms with Crippen molar-refractivity contribution in [2.45, 2.75) is 0 Å². The van der Waals surface area contributed by atoms with Crippen LogP contribution in [0.3, 0.4) is 0 Å². The summed E-state index contributed by atoms with van der Waals surface area (Å²) in [5.74, 6) is 0.245. The van der Waals surface area contributed by atoms with E-state index >= 15 is 0 Å². The van der Waals surface area contributed by atoms with Crippen molar-refractivity contribution in [2.75, 3.05) is 0 Å². The molecule has 15 aromatic rings. The molecule has 0 unspecified atom stereocenters. The summed E-state index contributed by atoms with van der Waals surface area (Å²) in [6, 6.07) is 89.3. The molecular formula is C74H41N9. The molecule has 0 fully saturated rings. The molecule has 382 valence electrons. The van der Waals surface area contributed by atoms with Crippen LogP contribution in [0.2, 0.25) is 0 Å². The van der Waals surface area contributed by atoms with E-state index in [1.807, 2.05) is 24.3 Å². The van der Waals surface area contributed by atoms with Gasteiger partial charge in [-0.25, -0.2) is 19.7 Å². The summed E-state index contributed by atoms with van der Waals surface area (Å²) < 4.78 is 7.14. The molecular weight excluding hydrogens is 1010 g/mol. The molecule has 4 aromatic heterocycles. The van der Waals surface area contributed by atoms with Crippen LogP contribution in [0.4, 0.5) is 11.4 Å². The van der Waals surface area contributed by atoms with E-state index < -0.39 is 0 Å². The first-order valence-electron chi connectivity index (χ1n) is 27.1. The first kappa shape index (κ1) is 48.0. The minimum absolute atomic E-state index is 0.245. The van der Waals surface area contributed by atoms with E-state index in [9.17, 15) is 10.5 Å². The van der Waals surface area contributed by atoms with E-state index in [-0.39, 0.29) is 17.0 Å². The first-order chi connectivity index (χ1) is 41.0. The Bertz CT molecular complexity index is 4990. The van der Waals surface area contributed by atoms with Crippen LogP contribution in [0.1, 0.15) is 11.1 Å². The Kier molecular flexibility index (Phi) is 11.2. The van der Waals surface area contributed by atoms with Crippen molar-refractivity contribution in [3.8, 4) is 85.4 Å². The van der Waals surface area contributed by atoms with Crippen LogP contribution in [0.5, 0.6) is 0 Å². The number of nitriles is 2. The summed E-state index contributed by atoms with van der Waals surface area (Å²) in [6.45, 7) is 15.7. The van der Waals surface area contributed by atoms with E-state index in [2.05, 4.69) is 205 Å². The molecule has 15 rings (SSSR count). The lowest BCUT2D eigenvalue weighted by molar-refractivity contribution is 1.16. The summed E-state index contributed by atoms with van der Waals surface area (Å²) in [5.41, 5.74) is 17.0. The smallest absolute Gasteiger partial charge is 0.198 e. The highest BCUT2D eigenvalue weighted by Gasteiger charge is 2.23. The van der Waals surface area contributed by atoms with Crippen LogP contribution in [0.15, 0.2) is 249 Å².